The summed E-state index contributed by atoms with van der Waals surface area (Å²) in [6.07, 6.45) is 0. The van der Waals surface area contributed by atoms with Crippen LogP contribution in [0.25, 0.3) is 11.3 Å². The third-order valence-corrected chi connectivity index (χ3v) is 4.60. The van der Waals surface area contributed by atoms with Crippen molar-refractivity contribution in [2.75, 3.05) is 28.4 Å². The van der Waals surface area contributed by atoms with Gasteiger partial charge in [0.05, 0.1) is 21.3 Å². The van der Waals surface area contributed by atoms with Crippen LogP contribution in [-0.4, -0.2) is 44.3 Å². The molecule has 1 aromatic heterocycles. The zero-order valence-electron chi connectivity index (χ0n) is 16.6. The smallest absolute Gasteiger partial charge is 0.276 e. The zero-order chi connectivity index (χ0) is 21.0. The van der Waals surface area contributed by atoms with Crippen LogP contribution in [0.1, 0.15) is 16.1 Å². The molecule has 29 heavy (non-hydrogen) atoms. The third-order valence-electron chi connectivity index (χ3n) is 4.35. The molecule has 0 N–H and O–H groups in total. The Balaban J connectivity index is 1.78. The van der Waals surface area contributed by atoms with Gasteiger partial charge in [0.15, 0.2) is 23.0 Å². The van der Waals surface area contributed by atoms with Crippen LogP contribution in [0.4, 0.5) is 0 Å². The molecule has 0 atom stereocenters. The molecule has 8 heteroatoms. The van der Waals surface area contributed by atoms with Crippen molar-refractivity contribution in [2.24, 2.45) is 0 Å². The Hall–Kier alpha value is -3.19. The van der Waals surface area contributed by atoms with Crippen LogP contribution in [0.3, 0.4) is 0 Å². The zero-order valence-corrected chi connectivity index (χ0v) is 17.3. The first kappa shape index (κ1) is 20.5. The maximum Gasteiger partial charge on any atom is 0.276 e. The van der Waals surface area contributed by atoms with Crippen LogP contribution in [0.5, 0.6) is 17.2 Å². The molecular weight excluding hydrogens is 396 g/mol. The Kier molecular flexibility index (Phi) is 6.29. The molecule has 0 radical (unpaired) electrons. The molecule has 152 valence electrons. The first-order valence-corrected chi connectivity index (χ1v) is 9.11. The number of hydrogen-bond donors (Lipinski definition) is 0. The summed E-state index contributed by atoms with van der Waals surface area (Å²) in [6.45, 7) is 0.318. The van der Waals surface area contributed by atoms with Gasteiger partial charge in [-0.25, -0.2) is 0 Å². The van der Waals surface area contributed by atoms with Crippen LogP contribution in [0.2, 0.25) is 5.02 Å². The molecule has 3 rings (SSSR count). The molecule has 0 unspecified atom stereocenters. The van der Waals surface area contributed by atoms with E-state index in [9.17, 15) is 4.79 Å². The van der Waals surface area contributed by atoms with Gasteiger partial charge in [-0.15, -0.1) is 0 Å². The maximum absolute atomic E-state index is 12.8. The number of carbonyl (C=O) groups is 1. The average Bonchev–Trinajstić information content (AvgIpc) is 3.23. The van der Waals surface area contributed by atoms with Gasteiger partial charge in [0.25, 0.3) is 5.91 Å². The van der Waals surface area contributed by atoms with Gasteiger partial charge in [0.2, 0.25) is 5.75 Å². The molecule has 2 aromatic carbocycles. The highest BCUT2D eigenvalue weighted by Gasteiger charge is 2.20. The second-order valence-electron chi connectivity index (χ2n) is 6.28. The highest BCUT2D eigenvalue weighted by molar-refractivity contribution is 6.30. The topological polar surface area (TPSA) is 74.0 Å². The number of benzene rings is 2. The molecular formula is C21H21ClN2O5. The third kappa shape index (κ3) is 4.46. The average molecular weight is 417 g/mol. The van der Waals surface area contributed by atoms with Crippen molar-refractivity contribution in [3.05, 3.63) is 58.7 Å². The summed E-state index contributed by atoms with van der Waals surface area (Å²) < 4.78 is 21.4. The molecule has 0 bridgehead atoms. The normalized spacial score (nSPS) is 10.5. The molecule has 0 saturated heterocycles. The lowest BCUT2D eigenvalue weighted by atomic mass is 10.1. The minimum atomic E-state index is -0.275. The number of hydrogen-bond acceptors (Lipinski definition) is 6. The first-order valence-electron chi connectivity index (χ1n) is 8.73. The van der Waals surface area contributed by atoms with E-state index < -0.39 is 0 Å². The van der Waals surface area contributed by atoms with E-state index in [0.717, 1.165) is 11.1 Å². The van der Waals surface area contributed by atoms with Crippen LogP contribution >= 0.6 is 11.6 Å². The number of ether oxygens (including phenoxy) is 3. The van der Waals surface area contributed by atoms with Gasteiger partial charge in [0.1, 0.15) is 0 Å². The summed E-state index contributed by atoms with van der Waals surface area (Å²) >= 11 is 5.90. The SMILES string of the molecule is COc1cc(CN(C)C(=O)c2cc(-c3ccc(Cl)cc3)on2)cc(OC)c1OC. The molecule has 0 spiro atoms. The molecule has 0 aliphatic heterocycles. The van der Waals surface area contributed by atoms with E-state index >= 15 is 0 Å². The molecule has 1 amide bonds. The van der Waals surface area contributed by atoms with E-state index in [1.54, 1.807) is 70.8 Å². The summed E-state index contributed by atoms with van der Waals surface area (Å²) in [6, 6.07) is 12.3. The van der Waals surface area contributed by atoms with Crippen molar-refractivity contribution < 1.29 is 23.5 Å². The van der Waals surface area contributed by atoms with Crippen molar-refractivity contribution in [2.45, 2.75) is 6.54 Å². The Bertz CT molecular complexity index is 976. The predicted octanol–water partition coefficient (Wildman–Crippen LogP) is 4.29. The Morgan fingerprint density at radius 1 is 1.03 bits per heavy atom. The van der Waals surface area contributed by atoms with Crippen molar-refractivity contribution in [3.8, 4) is 28.6 Å². The second-order valence-corrected chi connectivity index (χ2v) is 6.71. The summed E-state index contributed by atoms with van der Waals surface area (Å²) in [4.78, 5) is 14.3. The molecule has 0 fully saturated rings. The fraction of sp³-hybridized carbons (Fsp3) is 0.238. The van der Waals surface area contributed by atoms with Crippen LogP contribution in [0, 0.1) is 0 Å². The quantitative estimate of drug-likeness (QED) is 0.572. The van der Waals surface area contributed by atoms with Gasteiger partial charge in [-0.05, 0) is 42.0 Å². The van der Waals surface area contributed by atoms with E-state index in [0.29, 0.717) is 34.6 Å². The van der Waals surface area contributed by atoms with Crippen LogP contribution in [0.15, 0.2) is 47.0 Å². The largest absolute Gasteiger partial charge is 0.493 e. The minimum absolute atomic E-state index is 0.213. The van der Waals surface area contributed by atoms with E-state index in [1.165, 1.54) is 4.90 Å². The number of aromatic nitrogens is 1. The number of rotatable bonds is 7. The van der Waals surface area contributed by atoms with E-state index in [2.05, 4.69) is 5.16 Å². The predicted molar refractivity (Wildman–Crippen MR) is 109 cm³/mol. The van der Waals surface area contributed by atoms with Crippen LogP contribution in [-0.2, 0) is 6.54 Å². The lowest BCUT2D eigenvalue weighted by molar-refractivity contribution is 0.0774. The maximum atomic E-state index is 12.8. The highest BCUT2D eigenvalue weighted by Crippen LogP contribution is 2.38. The lowest BCUT2D eigenvalue weighted by Gasteiger charge is -2.18. The number of amides is 1. The van der Waals surface area contributed by atoms with E-state index in [-0.39, 0.29) is 11.6 Å². The van der Waals surface area contributed by atoms with Crippen molar-refractivity contribution in [3.63, 3.8) is 0 Å². The summed E-state index contributed by atoms with van der Waals surface area (Å²) in [5.74, 6) is 1.76. The van der Waals surface area contributed by atoms with Gasteiger partial charge < -0.3 is 23.6 Å². The Labute approximate surface area is 173 Å². The number of halogens is 1. The summed E-state index contributed by atoms with van der Waals surface area (Å²) in [5.41, 5.74) is 1.81. The molecule has 7 nitrogen and oxygen atoms in total. The number of nitrogens with zero attached hydrogens (tertiary/aromatic N) is 2. The van der Waals surface area contributed by atoms with Crippen molar-refractivity contribution in [1.29, 1.82) is 0 Å². The van der Waals surface area contributed by atoms with Crippen molar-refractivity contribution >= 4 is 17.5 Å². The standard InChI is InChI=1S/C21H21ClN2O5/c1-24(12-13-9-18(26-2)20(28-4)19(10-13)27-3)21(25)16-11-17(29-23-16)14-5-7-15(22)8-6-14/h5-11H,12H2,1-4H3. The highest BCUT2D eigenvalue weighted by atomic mass is 35.5. The molecule has 0 saturated carbocycles. The second kappa shape index (κ2) is 8.87. The van der Waals surface area contributed by atoms with E-state index in [4.69, 9.17) is 30.3 Å². The summed E-state index contributed by atoms with van der Waals surface area (Å²) in [7, 11) is 6.31. The monoisotopic (exact) mass is 416 g/mol. The fourth-order valence-electron chi connectivity index (χ4n) is 2.89. The van der Waals surface area contributed by atoms with E-state index in [1.807, 2.05) is 0 Å². The summed E-state index contributed by atoms with van der Waals surface area (Å²) in [5, 5.41) is 4.52. The first-order chi connectivity index (χ1) is 14.0. The Morgan fingerprint density at radius 3 is 2.21 bits per heavy atom. The Morgan fingerprint density at radius 2 is 1.66 bits per heavy atom. The van der Waals surface area contributed by atoms with Crippen LogP contribution < -0.4 is 14.2 Å². The van der Waals surface area contributed by atoms with Gasteiger partial charge in [-0.1, -0.05) is 16.8 Å². The minimum Gasteiger partial charge on any atom is -0.493 e. The van der Waals surface area contributed by atoms with Crippen molar-refractivity contribution in [1.82, 2.24) is 10.1 Å². The van der Waals surface area contributed by atoms with Gasteiger partial charge in [0, 0.05) is 30.2 Å². The van der Waals surface area contributed by atoms with Gasteiger partial charge >= 0.3 is 0 Å². The molecule has 0 aliphatic carbocycles. The fourth-order valence-corrected chi connectivity index (χ4v) is 3.02. The number of carbonyl (C=O) groups excluding carboxylic acids is 1. The lowest BCUT2D eigenvalue weighted by Crippen LogP contribution is -2.26. The molecule has 1 heterocycles. The van der Waals surface area contributed by atoms with Gasteiger partial charge in [-0.2, -0.15) is 0 Å². The molecule has 3 aromatic rings. The number of methoxy groups -OCH3 is 3. The van der Waals surface area contributed by atoms with Gasteiger partial charge in [-0.3, -0.25) is 4.79 Å². The molecule has 0 aliphatic rings.